The van der Waals surface area contributed by atoms with Crippen LogP contribution in [-0.4, -0.2) is 17.9 Å². The van der Waals surface area contributed by atoms with Gasteiger partial charge in [-0.1, -0.05) is 0 Å². The standard InChI is InChI=1S/C7H7N3/c1-2-8-3-6-4-9-5-10-7(1)6/h1-4,10H,5H2. The van der Waals surface area contributed by atoms with Gasteiger partial charge in [0, 0.05) is 29.9 Å². The number of pyridine rings is 1. The maximum absolute atomic E-state index is 4.04. The van der Waals surface area contributed by atoms with Crippen molar-refractivity contribution in [1.82, 2.24) is 4.98 Å². The lowest BCUT2D eigenvalue weighted by atomic mass is 10.2. The molecular formula is C7H7N3. The molecule has 0 aliphatic carbocycles. The second kappa shape index (κ2) is 2.10. The predicted octanol–water partition coefficient (Wildman–Crippen LogP) is 0.883. The molecule has 1 aliphatic heterocycles. The van der Waals surface area contributed by atoms with Crippen LogP contribution in [0.2, 0.25) is 0 Å². The lowest BCUT2D eigenvalue weighted by Gasteiger charge is -2.09. The predicted molar refractivity (Wildman–Crippen MR) is 40.3 cm³/mol. The topological polar surface area (TPSA) is 37.3 Å². The van der Waals surface area contributed by atoms with Crippen molar-refractivity contribution in [2.45, 2.75) is 0 Å². The Morgan fingerprint density at radius 1 is 1.50 bits per heavy atom. The van der Waals surface area contributed by atoms with Crippen LogP contribution < -0.4 is 5.32 Å². The molecule has 0 bridgehead atoms. The lowest BCUT2D eigenvalue weighted by molar-refractivity contribution is 1.12. The van der Waals surface area contributed by atoms with Crippen molar-refractivity contribution in [2.24, 2.45) is 4.99 Å². The van der Waals surface area contributed by atoms with Gasteiger partial charge in [-0.05, 0) is 6.07 Å². The molecule has 1 N–H and O–H groups in total. The van der Waals surface area contributed by atoms with Crippen LogP contribution in [-0.2, 0) is 0 Å². The van der Waals surface area contributed by atoms with E-state index in [1.54, 1.807) is 12.4 Å². The Bertz CT molecular complexity index is 267. The second-order valence-electron chi connectivity index (χ2n) is 2.11. The zero-order valence-corrected chi connectivity index (χ0v) is 5.41. The first-order chi connectivity index (χ1) is 4.97. The summed E-state index contributed by atoms with van der Waals surface area (Å²) in [6.07, 6.45) is 5.40. The van der Waals surface area contributed by atoms with Gasteiger partial charge in [0.1, 0.15) is 6.67 Å². The van der Waals surface area contributed by atoms with E-state index < -0.39 is 0 Å². The molecule has 0 saturated heterocycles. The Morgan fingerprint density at radius 3 is 3.40 bits per heavy atom. The minimum atomic E-state index is 0.678. The SMILES string of the molecule is C1=NCNc2ccncc21. The van der Waals surface area contributed by atoms with Crippen LogP contribution in [0.4, 0.5) is 5.69 Å². The molecular weight excluding hydrogens is 126 g/mol. The molecule has 2 rings (SSSR count). The minimum absolute atomic E-state index is 0.678. The molecule has 2 heterocycles. The van der Waals surface area contributed by atoms with Crippen molar-refractivity contribution in [2.75, 3.05) is 12.0 Å². The summed E-state index contributed by atoms with van der Waals surface area (Å²) in [6.45, 7) is 0.678. The van der Waals surface area contributed by atoms with Gasteiger partial charge in [-0.15, -0.1) is 0 Å². The Labute approximate surface area is 58.8 Å². The zero-order chi connectivity index (χ0) is 6.81. The van der Waals surface area contributed by atoms with E-state index in [9.17, 15) is 0 Å². The van der Waals surface area contributed by atoms with Crippen molar-refractivity contribution < 1.29 is 0 Å². The molecule has 10 heavy (non-hydrogen) atoms. The number of aliphatic imine (C=N–C) groups is 1. The quantitative estimate of drug-likeness (QED) is 0.570. The van der Waals surface area contributed by atoms with E-state index in [4.69, 9.17) is 0 Å². The number of hydrogen-bond acceptors (Lipinski definition) is 3. The number of nitrogens with one attached hydrogen (secondary N) is 1. The zero-order valence-electron chi connectivity index (χ0n) is 5.41. The van der Waals surface area contributed by atoms with Crippen LogP contribution in [0, 0.1) is 0 Å². The average molecular weight is 133 g/mol. The first-order valence-electron chi connectivity index (χ1n) is 3.14. The summed E-state index contributed by atoms with van der Waals surface area (Å²) >= 11 is 0. The third-order valence-electron chi connectivity index (χ3n) is 1.44. The Morgan fingerprint density at radius 2 is 2.50 bits per heavy atom. The fourth-order valence-corrected chi connectivity index (χ4v) is 0.945. The first kappa shape index (κ1) is 5.41. The molecule has 50 valence electrons. The van der Waals surface area contributed by atoms with Crippen molar-refractivity contribution >= 4 is 11.9 Å². The van der Waals surface area contributed by atoms with Gasteiger partial charge in [0.2, 0.25) is 0 Å². The molecule has 3 nitrogen and oxygen atoms in total. The third kappa shape index (κ3) is 0.757. The van der Waals surface area contributed by atoms with Gasteiger partial charge in [0.15, 0.2) is 0 Å². The normalized spacial score (nSPS) is 14.0. The number of rotatable bonds is 0. The van der Waals surface area contributed by atoms with E-state index in [1.165, 1.54) is 0 Å². The summed E-state index contributed by atoms with van der Waals surface area (Å²) in [5, 5.41) is 3.12. The van der Waals surface area contributed by atoms with Gasteiger partial charge in [-0.3, -0.25) is 9.98 Å². The van der Waals surface area contributed by atoms with Crippen LogP contribution in [0.25, 0.3) is 0 Å². The van der Waals surface area contributed by atoms with Crippen molar-refractivity contribution in [1.29, 1.82) is 0 Å². The molecule has 0 aromatic carbocycles. The minimum Gasteiger partial charge on any atom is -0.366 e. The van der Waals surface area contributed by atoms with Crippen LogP contribution in [0.3, 0.4) is 0 Å². The summed E-state index contributed by atoms with van der Waals surface area (Å²) < 4.78 is 0. The molecule has 0 spiro atoms. The van der Waals surface area contributed by atoms with E-state index in [0.29, 0.717) is 6.67 Å². The second-order valence-corrected chi connectivity index (χ2v) is 2.11. The van der Waals surface area contributed by atoms with Gasteiger partial charge in [-0.2, -0.15) is 0 Å². The molecule has 0 radical (unpaired) electrons. The smallest absolute Gasteiger partial charge is 0.107 e. The maximum Gasteiger partial charge on any atom is 0.107 e. The molecule has 1 aliphatic rings. The van der Waals surface area contributed by atoms with Crippen molar-refractivity contribution in [3.8, 4) is 0 Å². The van der Waals surface area contributed by atoms with Gasteiger partial charge in [0.25, 0.3) is 0 Å². The van der Waals surface area contributed by atoms with Crippen LogP contribution in [0.1, 0.15) is 5.56 Å². The Hall–Kier alpha value is -1.38. The summed E-state index contributed by atoms with van der Waals surface area (Å²) in [4.78, 5) is 8.01. The molecule has 0 saturated carbocycles. The highest BCUT2D eigenvalue weighted by molar-refractivity contribution is 5.88. The van der Waals surface area contributed by atoms with E-state index >= 15 is 0 Å². The van der Waals surface area contributed by atoms with Crippen LogP contribution in [0.5, 0.6) is 0 Å². The number of nitrogens with zero attached hydrogens (tertiary/aromatic N) is 2. The van der Waals surface area contributed by atoms with Crippen molar-refractivity contribution in [3.63, 3.8) is 0 Å². The number of hydrogen-bond donors (Lipinski definition) is 1. The highest BCUT2D eigenvalue weighted by atomic mass is 15.0. The maximum atomic E-state index is 4.04. The average Bonchev–Trinajstić information content (AvgIpc) is 2.05. The Kier molecular flexibility index (Phi) is 1.13. The molecule has 0 amide bonds. The van der Waals surface area contributed by atoms with Crippen LogP contribution in [0.15, 0.2) is 23.5 Å². The fourth-order valence-electron chi connectivity index (χ4n) is 0.945. The van der Waals surface area contributed by atoms with E-state index in [0.717, 1.165) is 11.3 Å². The summed E-state index contributed by atoms with van der Waals surface area (Å²) in [6, 6.07) is 1.94. The lowest BCUT2D eigenvalue weighted by Crippen LogP contribution is -2.07. The summed E-state index contributed by atoms with van der Waals surface area (Å²) in [5.41, 5.74) is 2.18. The highest BCUT2D eigenvalue weighted by Gasteiger charge is 2.00. The largest absolute Gasteiger partial charge is 0.366 e. The number of fused-ring (bicyclic) bond motifs is 1. The van der Waals surface area contributed by atoms with Gasteiger partial charge < -0.3 is 5.32 Å². The van der Waals surface area contributed by atoms with Crippen molar-refractivity contribution in [3.05, 3.63) is 24.0 Å². The molecule has 1 aromatic rings. The van der Waals surface area contributed by atoms with Gasteiger partial charge >= 0.3 is 0 Å². The van der Waals surface area contributed by atoms with Gasteiger partial charge in [-0.25, -0.2) is 0 Å². The number of anilines is 1. The first-order valence-corrected chi connectivity index (χ1v) is 3.14. The molecule has 0 atom stereocenters. The summed E-state index contributed by atoms with van der Waals surface area (Å²) in [5.74, 6) is 0. The van der Waals surface area contributed by atoms with Crippen LogP contribution >= 0.6 is 0 Å². The fraction of sp³-hybridized carbons (Fsp3) is 0.143. The highest BCUT2D eigenvalue weighted by Crippen LogP contribution is 2.12. The molecule has 3 heteroatoms. The molecule has 0 fully saturated rings. The number of aromatic nitrogens is 1. The van der Waals surface area contributed by atoms with E-state index in [1.807, 2.05) is 12.3 Å². The van der Waals surface area contributed by atoms with E-state index in [-0.39, 0.29) is 0 Å². The Balaban J connectivity index is 2.54. The summed E-state index contributed by atoms with van der Waals surface area (Å²) in [7, 11) is 0. The molecule has 1 aromatic heterocycles. The third-order valence-corrected chi connectivity index (χ3v) is 1.44. The monoisotopic (exact) mass is 133 g/mol. The van der Waals surface area contributed by atoms with Gasteiger partial charge in [0.05, 0.1) is 0 Å². The van der Waals surface area contributed by atoms with E-state index in [2.05, 4.69) is 15.3 Å². The molecule has 0 unspecified atom stereocenters.